The van der Waals surface area contributed by atoms with Gasteiger partial charge in [-0.2, -0.15) is 0 Å². The van der Waals surface area contributed by atoms with E-state index < -0.39 is 0 Å². The van der Waals surface area contributed by atoms with Gasteiger partial charge in [0.15, 0.2) is 0 Å². The number of halogens is 1. The third-order valence-corrected chi connectivity index (χ3v) is 4.41. The smallest absolute Gasteiger partial charge is 0.0408 e. The monoisotopic (exact) mass is 249 g/mol. The van der Waals surface area contributed by atoms with Gasteiger partial charge in [-0.05, 0) is 48.9 Å². The van der Waals surface area contributed by atoms with Crippen LogP contribution in [0.25, 0.3) is 0 Å². The highest BCUT2D eigenvalue weighted by Gasteiger charge is 2.24. The van der Waals surface area contributed by atoms with Gasteiger partial charge in [0.25, 0.3) is 0 Å². The van der Waals surface area contributed by atoms with E-state index in [1.807, 2.05) is 6.07 Å². The minimum absolute atomic E-state index is 0.645. The number of fused-ring (bicyclic) bond motifs is 1. The summed E-state index contributed by atoms with van der Waals surface area (Å²) in [5.74, 6) is 0. The van der Waals surface area contributed by atoms with Crippen molar-refractivity contribution in [2.24, 2.45) is 0 Å². The van der Waals surface area contributed by atoms with Gasteiger partial charge in [-0.15, -0.1) is 0 Å². The topological polar surface area (TPSA) is 12.0 Å². The van der Waals surface area contributed by atoms with Crippen LogP contribution in [-0.2, 0) is 12.8 Å². The summed E-state index contributed by atoms with van der Waals surface area (Å²) in [6.07, 6.45) is 9.32. The van der Waals surface area contributed by atoms with E-state index in [1.54, 1.807) is 0 Å². The quantitative estimate of drug-likeness (QED) is 0.842. The molecule has 3 rings (SSSR count). The van der Waals surface area contributed by atoms with E-state index in [9.17, 15) is 0 Å². The fraction of sp³-hybridized carbons (Fsp3) is 0.600. The third-order valence-electron chi connectivity index (χ3n) is 4.18. The van der Waals surface area contributed by atoms with E-state index in [1.165, 1.54) is 49.7 Å². The zero-order chi connectivity index (χ0) is 11.7. The number of hydrogen-bond acceptors (Lipinski definition) is 1. The Hall–Kier alpha value is -0.530. The first-order chi connectivity index (χ1) is 8.31. The third kappa shape index (κ3) is 2.66. The largest absolute Gasteiger partial charge is 0.311 e. The van der Waals surface area contributed by atoms with Gasteiger partial charge in [-0.25, -0.2) is 0 Å². The summed E-state index contributed by atoms with van der Waals surface area (Å²) in [6, 6.07) is 7.76. The van der Waals surface area contributed by atoms with E-state index in [0.717, 1.165) is 17.5 Å². The molecule has 0 amide bonds. The highest BCUT2D eigenvalue weighted by molar-refractivity contribution is 6.30. The fourth-order valence-corrected chi connectivity index (χ4v) is 3.50. The molecular weight excluding hydrogens is 230 g/mol. The van der Waals surface area contributed by atoms with E-state index in [-0.39, 0.29) is 0 Å². The van der Waals surface area contributed by atoms with Gasteiger partial charge in [0.2, 0.25) is 0 Å². The van der Waals surface area contributed by atoms with Crippen molar-refractivity contribution in [3.05, 3.63) is 34.3 Å². The molecule has 2 aliphatic carbocycles. The van der Waals surface area contributed by atoms with E-state index in [2.05, 4.69) is 17.4 Å². The van der Waals surface area contributed by atoms with Gasteiger partial charge in [0.05, 0.1) is 0 Å². The summed E-state index contributed by atoms with van der Waals surface area (Å²) in [4.78, 5) is 0. The lowest BCUT2D eigenvalue weighted by molar-refractivity contribution is 0.339. The molecule has 92 valence electrons. The standard InChI is InChI=1S/C15H20ClN/c16-13-7-6-11-9-15(10-12(11)8-13)17-14-4-2-1-3-5-14/h6-8,14-15,17H,1-5,9-10H2. The first-order valence-corrected chi connectivity index (χ1v) is 7.22. The summed E-state index contributed by atoms with van der Waals surface area (Å²) in [7, 11) is 0. The van der Waals surface area contributed by atoms with Gasteiger partial charge in [-0.1, -0.05) is 36.9 Å². The average molecular weight is 250 g/mol. The van der Waals surface area contributed by atoms with Crippen LogP contribution >= 0.6 is 11.6 Å². The molecule has 2 aliphatic rings. The highest BCUT2D eigenvalue weighted by atomic mass is 35.5. The zero-order valence-corrected chi connectivity index (χ0v) is 11.0. The lowest BCUT2D eigenvalue weighted by atomic mass is 9.94. The number of benzene rings is 1. The second kappa shape index (κ2) is 4.99. The van der Waals surface area contributed by atoms with Crippen LogP contribution in [0.2, 0.25) is 5.02 Å². The Kier molecular flexibility index (Phi) is 3.39. The van der Waals surface area contributed by atoms with Crippen LogP contribution in [0.5, 0.6) is 0 Å². The second-order valence-electron chi connectivity index (χ2n) is 5.52. The molecule has 0 bridgehead atoms. The molecule has 0 heterocycles. The van der Waals surface area contributed by atoms with Crippen molar-refractivity contribution >= 4 is 11.6 Å². The number of hydrogen-bond donors (Lipinski definition) is 1. The van der Waals surface area contributed by atoms with Gasteiger partial charge in [0, 0.05) is 17.1 Å². The maximum absolute atomic E-state index is 6.04. The van der Waals surface area contributed by atoms with Gasteiger partial charge in [-0.3, -0.25) is 0 Å². The Labute approximate surface area is 109 Å². The van der Waals surface area contributed by atoms with Crippen LogP contribution < -0.4 is 5.32 Å². The predicted octanol–water partition coefficient (Wildman–Crippen LogP) is 3.73. The van der Waals surface area contributed by atoms with Crippen LogP contribution in [0.4, 0.5) is 0 Å². The van der Waals surface area contributed by atoms with Crippen molar-refractivity contribution in [3.8, 4) is 0 Å². The van der Waals surface area contributed by atoms with E-state index in [4.69, 9.17) is 11.6 Å². The van der Waals surface area contributed by atoms with E-state index in [0.29, 0.717) is 6.04 Å². The molecule has 1 N–H and O–H groups in total. The maximum atomic E-state index is 6.04. The second-order valence-corrected chi connectivity index (χ2v) is 5.96. The lowest BCUT2D eigenvalue weighted by Crippen LogP contribution is -2.39. The molecule has 0 aromatic heterocycles. The molecule has 0 spiro atoms. The molecule has 1 unspecified atom stereocenters. The molecule has 0 aliphatic heterocycles. The summed E-state index contributed by atoms with van der Waals surface area (Å²) < 4.78 is 0. The molecular formula is C15H20ClN. The molecule has 1 aromatic rings. The Bertz CT molecular complexity index is 396. The number of nitrogens with one attached hydrogen (secondary N) is 1. The first kappa shape index (κ1) is 11.6. The molecule has 1 atom stereocenters. The normalized spacial score (nSPS) is 24.9. The van der Waals surface area contributed by atoms with Crippen molar-refractivity contribution in [1.82, 2.24) is 5.32 Å². The SMILES string of the molecule is Clc1ccc2c(c1)CC(NC1CCCCC1)C2. The van der Waals surface area contributed by atoms with Crippen molar-refractivity contribution in [3.63, 3.8) is 0 Å². The van der Waals surface area contributed by atoms with Crippen LogP contribution in [0.1, 0.15) is 43.2 Å². The Morgan fingerprint density at radius 3 is 2.53 bits per heavy atom. The van der Waals surface area contributed by atoms with Gasteiger partial charge >= 0.3 is 0 Å². The Balaban J connectivity index is 1.61. The minimum Gasteiger partial charge on any atom is -0.311 e. The molecule has 17 heavy (non-hydrogen) atoms. The summed E-state index contributed by atoms with van der Waals surface area (Å²) in [5, 5.41) is 4.72. The molecule has 0 saturated heterocycles. The molecule has 0 radical (unpaired) electrons. The van der Waals surface area contributed by atoms with Crippen LogP contribution in [0.15, 0.2) is 18.2 Å². The fourth-order valence-electron chi connectivity index (χ4n) is 3.31. The van der Waals surface area contributed by atoms with Crippen molar-refractivity contribution in [2.45, 2.75) is 57.0 Å². The van der Waals surface area contributed by atoms with Gasteiger partial charge in [0.1, 0.15) is 0 Å². The first-order valence-electron chi connectivity index (χ1n) is 6.84. The molecule has 2 heteroatoms. The molecule has 1 aromatic carbocycles. The van der Waals surface area contributed by atoms with Crippen molar-refractivity contribution < 1.29 is 0 Å². The minimum atomic E-state index is 0.645. The Morgan fingerprint density at radius 1 is 0.941 bits per heavy atom. The highest BCUT2D eigenvalue weighted by Crippen LogP contribution is 2.27. The summed E-state index contributed by atoms with van der Waals surface area (Å²) >= 11 is 6.04. The average Bonchev–Trinajstić information content (AvgIpc) is 2.71. The van der Waals surface area contributed by atoms with Crippen molar-refractivity contribution in [2.75, 3.05) is 0 Å². The maximum Gasteiger partial charge on any atom is 0.0408 e. The molecule has 1 fully saturated rings. The van der Waals surface area contributed by atoms with Crippen molar-refractivity contribution in [1.29, 1.82) is 0 Å². The van der Waals surface area contributed by atoms with Crippen LogP contribution in [0.3, 0.4) is 0 Å². The van der Waals surface area contributed by atoms with Crippen LogP contribution in [0, 0.1) is 0 Å². The van der Waals surface area contributed by atoms with E-state index >= 15 is 0 Å². The summed E-state index contributed by atoms with van der Waals surface area (Å²) in [6.45, 7) is 0. The predicted molar refractivity (Wildman–Crippen MR) is 72.7 cm³/mol. The molecule has 1 saturated carbocycles. The molecule has 1 nitrogen and oxygen atoms in total. The zero-order valence-electron chi connectivity index (χ0n) is 10.2. The van der Waals surface area contributed by atoms with Crippen LogP contribution in [-0.4, -0.2) is 12.1 Å². The lowest BCUT2D eigenvalue weighted by Gasteiger charge is -2.26. The summed E-state index contributed by atoms with van der Waals surface area (Å²) in [5.41, 5.74) is 2.94. The number of rotatable bonds is 2. The van der Waals surface area contributed by atoms with Gasteiger partial charge < -0.3 is 5.32 Å². The Morgan fingerprint density at radius 2 is 1.71 bits per heavy atom.